The molecule has 0 fully saturated rings. The van der Waals surface area contributed by atoms with Gasteiger partial charge in [-0.25, -0.2) is 0 Å². The molecule has 0 radical (unpaired) electrons. The molecule has 0 aliphatic rings. The predicted octanol–water partition coefficient (Wildman–Crippen LogP) is 3.94. The van der Waals surface area contributed by atoms with Gasteiger partial charge in [0, 0.05) is 5.56 Å². The van der Waals surface area contributed by atoms with Crippen LogP contribution in [0.1, 0.15) is 44.8 Å². The second-order valence-electron chi connectivity index (χ2n) is 5.00. The maximum Gasteiger partial charge on any atom is 0.0829 e. The standard InChI is InChI=1S/C16H22N2O/c1-3-12(4-2)10-15(19)14-11-17-18-16(14)13-8-6-5-7-9-13/h5-9,11-12,15,19H,3-4,10H2,1-2H3,(H,17,18). The van der Waals surface area contributed by atoms with E-state index < -0.39 is 6.10 Å². The molecule has 0 bridgehead atoms. The van der Waals surface area contributed by atoms with Gasteiger partial charge in [-0.2, -0.15) is 5.10 Å². The van der Waals surface area contributed by atoms with E-state index in [4.69, 9.17) is 0 Å². The minimum absolute atomic E-state index is 0.446. The van der Waals surface area contributed by atoms with Crippen LogP contribution in [0, 0.1) is 5.92 Å². The van der Waals surface area contributed by atoms with Gasteiger partial charge in [-0.1, -0.05) is 57.0 Å². The second kappa shape index (κ2) is 6.53. The van der Waals surface area contributed by atoms with E-state index in [1.54, 1.807) is 6.20 Å². The molecule has 1 aromatic carbocycles. The fraction of sp³-hybridized carbons (Fsp3) is 0.438. The van der Waals surface area contributed by atoms with Crippen molar-refractivity contribution in [3.05, 3.63) is 42.1 Å². The molecule has 0 saturated heterocycles. The highest BCUT2D eigenvalue weighted by Gasteiger charge is 2.18. The highest BCUT2D eigenvalue weighted by Crippen LogP contribution is 2.31. The fourth-order valence-electron chi connectivity index (χ4n) is 2.45. The van der Waals surface area contributed by atoms with Gasteiger partial charge in [0.15, 0.2) is 0 Å². The summed E-state index contributed by atoms with van der Waals surface area (Å²) in [5.41, 5.74) is 2.90. The van der Waals surface area contributed by atoms with Crippen LogP contribution < -0.4 is 0 Å². The SMILES string of the molecule is CCC(CC)CC(O)c1cn[nH]c1-c1ccccc1. The number of nitrogens with one attached hydrogen (secondary N) is 1. The smallest absolute Gasteiger partial charge is 0.0829 e. The lowest BCUT2D eigenvalue weighted by atomic mass is 9.92. The molecule has 2 N–H and O–H groups in total. The van der Waals surface area contributed by atoms with Crippen molar-refractivity contribution in [3.8, 4) is 11.3 Å². The molecular formula is C16H22N2O. The first-order chi connectivity index (χ1) is 9.26. The first-order valence-corrected chi connectivity index (χ1v) is 7.03. The summed E-state index contributed by atoms with van der Waals surface area (Å²) in [7, 11) is 0. The lowest BCUT2D eigenvalue weighted by molar-refractivity contribution is 0.141. The number of rotatable bonds is 6. The molecule has 0 spiro atoms. The second-order valence-corrected chi connectivity index (χ2v) is 5.00. The van der Waals surface area contributed by atoms with Crippen LogP contribution in [0.3, 0.4) is 0 Å². The molecule has 0 aliphatic carbocycles. The summed E-state index contributed by atoms with van der Waals surface area (Å²) in [4.78, 5) is 0. The molecule has 0 aliphatic heterocycles. The van der Waals surface area contributed by atoms with Gasteiger partial charge in [0.25, 0.3) is 0 Å². The van der Waals surface area contributed by atoms with Crippen LogP contribution in [-0.4, -0.2) is 15.3 Å². The van der Waals surface area contributed by atoms with Crippen molar-refractivity contribution in [3.63, 3.8) is 0 Å². The highest BCUT2D eigenvalue weighted by atomic mass is 16.3. The molecule has 102 valence electrons. The Balaban J connectivity index is 2.20. The molecule has 1 atom stereocenters. The average Bonchev–Trinajstić information content (AvgIpc) is 2.95. The van der Waals surface area contributed by atoms with E-state index in [1.807, 2.05) is 30.3 Å². The molecule has 3 heteroatoms. The molecule has 2 aromatic rings. The minimum Gasteiger partial charge on any atom is -0.388 e. The van der Waals surface area contributed by atoms with Crippen LogP contribution in [0.2, 0.25) is 0 Å². The largest absolute Gasteiger partial charge is 0.388 e. The van der Waals surface area contributed by atoms with Gasteiger partial charge in [0.2, 0.25) is 0 Å². The summed E-state index contributed by atoms with van der Waals surface area (Å²) >= 11 is 0. The topological polar surface area (TPSA) is 48.9 Å². The van der Waals surface area contributed by atoms with Crippen molar-refractivity contribution in [2.75, 3.05) is 0 Å². The lowest BCUT2D eigenvalue weighted by Crippen LogP contribution is -2.06. The number of aromatic nitrogens is 2. The van der Waals surface area contributed by atoms with Gasteiger partial charge in [-0.3, -0.25) is 5.10 Å². The third-order valence-electron chi connectivity index (χ3n) is 3.80. The van der Waals surface area contributed by atoms with Gasteiger partial charge < -0.3 is 5.11 Å². The van der Waals surface area contributed by atoms with E-state index in [0.717, 1.165) is 36.1 Å². The van der Waals surface area contributed by atoms with E-state index in [1.165, 1.54) is 0 Å². The van der Waals surface area contributed by atoms with E-state index in [-0.39, 0.29) is 0 Å². The third-order valence-corrected chi connectivity index (χ3v) is 3.80. The lowest BCUT2D eigenvalue weighted by Gasteiger charge is -2.17. The van der Waals surface area contributed by atoms with E-state index in [9.17, 15) is 5.11 Å². The number of hydrogen-bond acceptors (Lipinski definition) is 2. The van der Waals surface area contributed by atoms with Crippen LogP contribution >= 0.6 is 0 Å². The predicted molar refractivity (Wildman–Crippen MR) is 77.7 cm³/mol. The van der Waals surface area contributed by atoms with Gasteiger partial charge in [-0.05, 0) is 17.9 Å². The number of aliphatic hydroxyl groups excluding tert-OH is 1. The first kappa shape index (κ1) is 13.8. The van der Waals surface area contributed by atoms with Crippen molar-refractivity contribution < 1.29 is 5.11 Å². The number of hydrogen-bond donors (Lipinski definition) is 2. The van der Waals surface area contributed by atoms with Crippen molar-refractivity contribution in [1.29, 1.82) is 0 Å². The molecule has 1 aromatic heterocycles. The first-order valence-electron chi connectivity index (χ1n) is 7.03. The number of aromatic amines is 1. The molecular weight excluding hydrogens is 236 g/mol. The average molecular weight is 258 g/mol. The zero-order valence-electron chi connectivity index (χ0n) is 11.6. The van der Waals surface area contributed by atoms with Gasteiger partial charge in [0.05, 0.1) is 18.0 Å². The molecule has 1 heterocycles. The third kappa shape index (κ3) is 3.24. The minimum atomic E-state index is -0.446. The molecule has 1 unspecified atom stereocenters. The zero-order chi connectivity index (χ0) is 13.7. The Morgan fingerprint density at radius 2 is 1.84 bits per heavy atom. The summed E-state index contributed by atoms with van der Waals surface area (Å²) in [6, 6.07) is 10.0. The molecule has 3 nitrogen and oxygen atoms in total. The summed E-state index contributed by atoms with van der Waals surface area (Å²) in [5.74, 6) is 0.563. The highest BCUT2D eigenvalue weighted by molar-refractivity contribution is 5.62. The quantitative estimate of drug-likeness (QED) is 0.824. The summed E-state index contributed by atoms with van der Waals surface area (Å²) < 4.78 is 0. The van der Waals surface area contributed by atoms with Gasteiger partial charge in [-0.15, -0.1) is 0 Å². The Kier molecular flexibility index (Phi) is 4.74. The molecule has 2 rings (SSSR count). The molecule has 19 heavy (non-hydrogen) atoms. The Bertz CT molecular complexity index is 488. The Morgan fingerprint density at radius 3 is 2.47 bits per heavy atom. The van der Waals surface area contributed by atoms with E-state index in [0.29, 0.717) is 5.92 Å². The maximum atomic E-state index is 10.4. The normalized spacial score (nSPS) is 12.8. The Morgan fingerprint density at radius 1 is 1.16 bits per heavy atom. The summed E-state index contributed by atoms with van der Waals surface area (Å²) in [6.45, 7) is 4.35. The maximum absolute atomic E-state index is 10.4. The van der Waals surface area contributed by atoms with Crippen molar-refractivity contribution in [1.82, 2.24) is 10.2 Å². The van der Waals surface area contributed by atoms with Crippen molar-refractivity contribution in [2.24, 2.45) is 5.92 Å². The number of aliphatic hydroxyl groups is 1. The van der Waals surface area contributed by atoms with Gasteiger partial charge in [0.1, 0.15) is 0 Å². The Hall–Kier alpha value is -1.61. The van der Waals surface area contributed by atoms with Crippen molar-refractivity contribution in [2.45, 2.75) is 39.2 Å². The van der Waals surface area contributed by atoms with Gasteiger partial charge >= 0.3 is 0 Å². The van der Waals surface area contributed by atoms with E-state index in [2.05, 4.69) is 24.0 Å². The van der Waals surface area contributed by atoms with Crippen LogP contribution in [0.25, 0.3) is 11.3 Å². The summed E-state index contributed by atoms with van der Waals surface area (Å²) in [6.07, 6.45) is 4.30. The van der Waals surface area contributed by atoms with Crippen LogP contribution in [-0.2, 0) is 0 Å². The molecule has 0 amide bonds. The van der Waals surface area contributed by atoms with Crippen LogP contribution in [0.15, 0.2) is 36.5 Å². The zero-order valence-corrected chi connectivity index (χ0v) is 11.6. The van der Waals surface area contributed by atoms with E-state index >= 15 is 0 Å². The summed E-state index contributed by atoms with van der Waals surface area (Å²) in [5, 5.41) is 17.5. The monoisotopic (exact) mass is 258 g/mol. The number of benzene rings is 1. The fourth-order valence-corrected chi connectivity index (χ4v) is 2.45. The molecule has 0 saturated carbocycles. The van der Waals surface area contributed by atoms with Crippen LogP contribution in [0.5, 0.6) is 0 Å². The van der Waals surface area contributed by atoms with Crippen molar-refractivity contribution >= 4 is 0 Å². The number of H-pyrrole nitrogens is 1. The Labute approximate surface area is 114 Å². The number of nitrogens with zero attached hydrogens (tertiary/aromatic N) is 1. The van der Waals surface area contributed by atoms with Crippen LogP contribution in [0.4, 0.5) is 0 Å².